The predicted molar refractivity (Wildman–Crippen MR) is 66.4 cm³/mol. The molecule has 0 heterocycles. The molecule has 3 rings (SSSR count). The molecule has 2 aliphatic carbocycles. The van der Waals surface area contributed by atoms with E-state index in [1.807, 2.05) is 0 Å². The highest BCUT2D eigenvalue weighted by Gasteiger charge is 2.47. The number of esters is 1. The maximum Gasteiger partial charge on any atom is 0.309 e. The third-order valence-corrected chi connectivity index (χ3v) is 3.89. The van der Waals surface area contributed by atoms with E-state index >= 15 is 0 Å². The first-order valence-electron chi connectivity index (χ1n) is 6.11. The van der Waals surface area contributed by atoms with Crippen molar-refractivity contribution in [1.29, 1.82) is 0 Å². The first-order chi connectivity index (χ1) is 8.22. The van der Waals surface area contributed by atoms with Crippen LogP contribution in [0.15, 0.2) is 30.3 Å². The molecule has 2 aliphatic rings. The third kappa shape index (κ3) is 1.59. The molecule has 1 aromatic carbocycles. The van der Waals surface area contributed by atoms with Gasteiger partial charge >= 0.3 is 5.97 Å². The minimum absolute atomic E-state index is 0.0621. The molecule has 0 aromatic heterocycles. The zero-order chi connectivity index (χ0) is 12.0. The molecule has 0 aliphatic heterocycles. The summed E-state index contributed by atoms with van der Waals surface area (Å²) >= 11 is 0. The Morgan fingerprint density at radius 2 is 2.12 bits per heavy atom. The molecule has 3 atom stereocenters. The van der Waals surface area contributed by atoms with Crippen LogP contribution in [-0.2, 0) is 9.53 Å². The fourth-order valence-corrected chi connectivity index (χ4v) is 2.88. The highest BCUT2D eigenvalue weighted by Crippen LogP contribution is 2.53. The second-order valence-electron chi connectivity index (χ2n) is 4.97. The van der Waals surface area contributed by atoms with Crippen molar-refractivity contribution in [3.63, 3.8) is 0 Å². The molecular formula is C15H16O2. The van der Waals surface area contributed by atoms with Gasteiger partial charge in [-0.2, -0.15) is 0 Å². The zero-order valence-electron chi connectivity index (χ0n) is 10.1. The van der Waals surface area contributed by atoms with Crippen molar-refractivity contribution >= 4 is 11.5 Å². The van der Waals surface area contributed by atoms with Crippen LogP contribution in [0.25, 0.3) is 5.57 Å². The van der Waals surface area contributed by atoms with E-state index in [4.69, 9.17) is 4.74 Å². The van der Waals surface area contributed by atoms with E-state index in [1.54, 1.807) is 0 Å². The molecule has 1 saturated carbocycles. The quantitative estimate of drug-likeness (QED) is 0.727. The lowest BCUT2D eigenvalue weighted by Gasteiger charge is -2.05. The van der Waals surface area contributed by atoms with Gasteiger partial charge in [0.15, 0.2) is 0 Å². The Bertz CT molecular complexity index is 501. The van der Waals surface area contributed by atoms with Gasteiger partial charge < -0.3 is 4.74 Å². The third-order valence-electron chi connectivity index (χ3n) is 3.89. The molecule has 2 heteroatoms. The molecule has 1 fully saturated rings. The van der Waals surface area contributed by atoms with Crippen LogP contribution < -0.4 is 0 Å². The Labute approximate surface area is 101 Å². The van der Waals surface area contributed by atoms with Crippen molar-refractivity contribution in [3.8, 4) is 0 Å². The Kier molecular flexibility index (Phi) is 2.32. The summed E-state index contributed by atoms with van der Waals surface area (Å²) in [4.78, 5) is 11.5. The van der Waals surface area contributed by atoms with E-state index < -0.39 is 0 Å². The van der Waals surface area contributed by atoms with E-state index in [-0.39, 0.29) is 11.9 Å². The largest absolute Gasteiger partial charge is 0.469 e. The maximum absolute atomic E-state index is 11.5. The van der Waals surface area contributed by atoms with Crippen LogP contribution in [0.1, 0.15) is 30.4 Å². The van der Waals surface area contributed by atoms with E-state index in [1.165, 1.54) is 23.8 Å². The molecule has 0 spiro atoms. The Hall–Kier alpha value is -1.57. The van der Waals surface area contributed by atoms with E-state index in [2.05, 4.69) is 37.3 Å². The molecule has 2 unspecified atom stereocenters. The predicted octanol–water partition coefficient (Wildman–Crippen LogP) is 3.00. The molecule has 88 valence electrons. The summed E-state index contributed by atoms with van der Waals surface area (Å²) in [6.07, 6.45) is 3.25. The van der Waals surface area contributed by atoms with E-state index in [0.717, 1.165) is 6.42 Å². The maximum atomic E-state index is 11.5. The van der Waals surface area contributed by atoms with Crippen LogP contribution >= 0.6 is 0 Å². The van der Waals surface area contributed by atoms with Crippen molar-refractivity contribution in [1.82, 2.24) is 0 Å². The number of carbonyl (C=O) groups is 1. The van der Waals surface area contributed by atoms with Gasteiger partial charge in [0.2, 0.25) is 0 Å². The highest BCUT2D eigenvalue weighted by molar-refractivity contribution is 5.85. The minimum Gasteiger partial charge on any atom is -0.469 e. The molecule has 1 aromatic rings. The lowest BCUT2D eigenvalue weighted by molar-refractivity contribution is -0.142. The SMILES string of the molecule is COC(=O)C1C[C@@H]1C1=CC(C)c2ccccc21. The molecule has 0 saturated heterocycles. The first kappa shape index (κ1) is 10.6. The van der Waals surface area contributed by atoms with Gasteiger partial charge in [-0.05, 0) is 29.0 Å². The summed E-state index contributed by atoms with van der Waals surface area (Å²) in [5, 5.41) is 0. The van der Waals surface area contributed by atoms with Gasteiger partial charge in [0.25, 0.3) is 0 Å². The fourth-order valence-electron chi connectivity index (χ4n) is 2.88. The van der Waals surface area contributed by atoms with Crippen LogP contribution in [-0.4, -0.2) is 13.1 Å². The van der Waals surface area contributed by atoms with Gasteiger partial charge in [-0.15, -0.1) is 0 Å². The van der Waals surface area contributed by atoms with Gasteiger partial charge in [-0.25, -0.2) is 0 Å². The van der Waals surface area contributed by atoms with Crippen LogP contribution in [0.2, 0.25) is 0 Å². The molecular weight excluding hydrogens is 212 g/mol. The number of hydrogen-bond donors (Lipinski definition) is 0. The van der Waals surface area contributed by atoms with Crippen LogP contribution in [0.4, 0.5) is 0 Å². The molecule has 2 nitrogen and oxygen atoms in total. The first-order valence-corrected chi connectivity index (χ1v) is 6.11. The highest BCUT2D eigenvalue weighted by atomic mass is 16.5. The second kappa shape index (κ2) is 3.73. The van der Waals surface area contributed by atoms with Gasteiger partial charge in [-0.1, -0.05) is 37.3 Å². The van der Waals surface area contributed by atoms with Crippen molar-refractivity contribution in [2.24, 2.45) is 11.8 Å². The second-order valence-corrected chi connectivity index (χ2v) is 4.97. The number of ether oxygens (including phenoxy) is 1. The van der Waals surface area contributed by atoms with Crippen molar-refractivity contribution in [2.75, 3.05) is 7.11 Å². The van der Waals surface area contributed by atoms with Gasteiger partial charge in [-0.3, -0.25) is 4.79 Å². The molecule has 0 N–H and O–H groups in total. The number of carbonyl (C=O) groups excluding carboxylic acids is 1. The molecule has 17 heavy (non-hydrogen) atoms. The van der Waals surface area contributed by atoms with Crippen LogP contribution in [0.5, 0.6) is 0 Å². The fraction of sp³-hybridized carbons (Fsp3) is 0.400. The number of methoxy groups -OCH3 is 1. The summed E-state index contributed by atoms with van der Waals surface area (Å²) < 4.78 is 4.81. The smallest absolute Gasteiger partial charge is 0.309 e. The van der Waals surface area contributed by atoms with Gasteiger partial charge in [0, 0.05) is 5.92 Å². The lowest BCUT2D eigenvalue weighted by Crippen LogP contribution is -2.04. The summed E-state index contributed by atoms with van der Waals surface area (Å²) in [6.45, 7) is 2.21. The topological polar surface area (TPSA) is 26.3 Å². The molecule has 0 bridgehead atoms. The van der Waals surface area contributed by atoms with Crippen LogP contribution in [0, 0.1) is 11.8 Å². The normalized spacial score (nSPS) is 29.5. The lowest BCUT2D eigenvalue weighted by atomic mass is 10.00. The van der Waals surface area contributed by atoms with Crippen molar-refractivity contribution in [2.45, 2.75) is 19.3 Å². The Morgan fingerprint density at radius 3 is 2.88 bits per heavy atom. The standard InChI is InChI=1S/C15H16O2/c1-9-7-12(11-6-4-3-5-10(9)11)13-8-14(13)15(16)17-2/h3-7,9,13-14H,8H2,1-2H3/t9?,13-,14?/m1/s1. The van der Waals surface area contributed by atoms with Crippen molar-refractivity contribution in [3.05, 3.63) is 41.5 Å². The van der Waals surface area contributed by atoms with Gasteiger partial charge in [0.05, 0.1) is 13.0 Å². The summed E-state index contributed by atoms with van der Waals surface area (Å²) in [5.41, 5.74) is 4.07. The number of benzene rings is 1. The molecule has 0 amide bonds. The monoisotopic (exact) mass is 228 g/mol. The molecule has 0 radical (unpaired) electrons. The Morgan fingerprint density at radius 1 is 1.35 bits per heavy atom. The number of hydrogen-bond acceptors (Lipinski definition) is 2. The van der Waals surface area contributed by atoms with E-state index in [0.29, 0.717) is 11.8 Å². The number of fused-ring (bicyclic) bond motifs is 1. The number of allylic oxidation sites excluding steroid dienone is 2. The average Bonchev–Trinajstić information content (AvgIpc) is 3.09. The average molecular weight is 228 g/mol. The number of rotatable bonds is 2. The van der Waals surface area contributed by atoms with E-state index in [9.17, 15) is 4.79 Å². The van der Waals surface area contributed by atoms with Crippen molar-refractivity contribution < 1.29 is 9.53 Å². The Balaban J connectivity index is 1.88. The minimum atomic E-state index is -0.0621. The van der Waals surface area contributed by atoms with Gasteiger partial charge in [0.1, 0.15) is 0 Å². The zero-order valence-corrected chi connectivity index (χ0v) is 10.1. The summed E-state index contributed by atoms with van der Waals surface area (Å²) in [5.74, 6) is 0.881. The van der Waals surface area contributed by atoms with Crippen LogP contribution in [0.3, 0.4) is 0 Å². The summed E-state index contributed by atoms with van der Waals surface area (Å²) in [7, 11) is 1.47. The summed E-state index contributed by atoms with van der Waals surface area (Å²) in [6, 6.07) is 8.49.